The maximum Gasteiger partial charge on any atom is 0.223 e. The number of nitrogens with zero attached hydrogens (tertiary/aromatic N) is 2. The summed E-state index contributed by atoms with van der Waals surface area (Å²) in [6.45, 7) is 0.598. The first-order valence-electron chi connectivity index (χ1n) is 8.10. The van der Waals surface area contributed by atoms with Crippen LogP contribution in [0.25, 0.3) is 16.7 Å². The monoisotopic (exact) mass is 305 g/mol. The molecule has 23 heavy (non-hydrogen) atoms. The largest absolute Gasteiger partial charge is 0.352 e. The minimum atomic E-state index is 0.195. The number of rotatable bonds is 4. The number of carbonyl (C=O) groups is 1. The molecule has 1 saturated carbocycles. The van der Waals surface area contributed by atoms with Crippen LogP contribution < -0.4 is 5.32 Å². The molecule has 0 spiro atoms. The maximum atomic E-state index is 11.9. The second kappa shape index (κ2) is 5.88. The van der Waals surface area contributed by atoms with Crippen LogP contribution >= 0.6 is 0 Å². The van der Waals surface area contributed by atoms with Crippen molar-refractivity contribution in [2.24, 2.45) is 5.92 Å². The van der Waals surface area contributed by atoms with Gasteiger partial charge < -0.3 is 5.32 Å². The van der Waals surface area contributed by atoms with Crippen molar-refractivity contribution in [2.45, 2.75) is 25.8 Å². The number of fused-ring (bicyclic) bond motifs is 1. The second-order valence-corrected chi connectivity index (χ2v) is 6.12. The Hall–Kier alpha value is -2.62. The van der Waals surface area contributed by atoms with Gasteiger partial charge in [-0.1, -0.05) is 30.7 Å². The summed E-state index contributed by atoms with van der Waals surface area (Å²) in [5.74, 6) is 0.438. The highest BCUT2D eigenvalue weighted by atomic mass is 16.1. The van der Waals surface area contributed by atoms with E-state index < -0.39 is 0 Å². The Kier molecular flexibility index (Phi) is 3.58. The van der Waals surface area contributed by atoms with Gasteiger partial charge in [-0.2, -0.15) is 0 Å². The van der Waals surface area contributed by atoms with Crippen LogP contribution in [0, 0.1) is 5.92 Å². The van der Waals surface area contributed by atoms with Crippen LogP contribution in [0.3, 0.4) is 0 Å². The normalized spacial score (nSPS) is 14.6. The fourth-order valence-corrected chi connectivity index (χ4v) is 2.94. The van der Waals surface area contributed by atoms with E-state index in [0.29, 0.717) is 6.54 Å². The van der Waals surface area contributed by atoms with E-state index in [9.17, 15) is 4.79 Å². The van der Waals surface area contributed by atoms with Crippen molar-refractivity contribution in [2.75, 3.05) is 0 Å². The van der Waals surface area contributed by atoms with Gasteiger partial charge in [-0.05, 0) is 42.7 Å². The van der Waals surface area contributed by atoms with Crippen molar-refractivity contribution in [3.05, 3.63) is 60.4 Å². The van der Waals surface area contributed by atoms with Crippen LogP contribution in [0.2, 0.25) is 0 Å². The number of para-hydroxylation sites is 2. The highest BCUT2D eigenvalue weighted by Gasteiger charge is 2.24. The van der Waals surface area contributed by atoms with E-state index in [0.717, 1.165) is 35.1 Å². The zero-order chi connectivity index (χ0) is 15.6. The van der Waals surface area contributed by atoms with Gasteiger partial charge in [0.05, 0.1) is 11.0 Å². The minimum absolute atomic E-state index is 0.195. The molecule has 116 valence electrons. The Bertz CT molecular complexity index is 831. The van der Waals surface area contributed by atoms with E-state index in [4.69, 9.17) is 0 Å². The standard InChI is InChI=1S/C19H19N3O/c23-19(15-4-3-5-15)20-12-14-8-10-16(11-9-14)22-13-21-17-6-1-2-7-18(17)22/h1-2,6-11,13,15H,3-5,12H2,(H,20,23). The van der Waals surface area contributed by atoms with E-state index >= 15 is 0 Å². The zero-order valence-electron chi connectivity index (χ0n) is 12.9. The topological polar surface area (TPSA) is 46.9 Å². The summed E-state index contributed by atoms with van der Waals surface area (Å²) in [5, 5.41) is 3.03. The lowest BCUT2D eigenvalue weighted by atomic mass is 9.85. The number of imidazole rings is 1. The quantitative estimate of drug-likeness (QED) is 0.802. The molecule has 0 bridgehead atoms. The average Bonchev–Trinajstić information content (AvgIpc) is 2.96. The maximum absolute atomic E-state index is 11.9. The van der Waals surface area contributed by atoms with Gasteiger partial charge in [-0.15, -0.1) is 0 Å². The number of benzene rings is 2. The first-order chi connectivity index (χ1) is 11.3. The fraction of sp³-hybridized carbons (Fsp3) is 0.263. The molecule has 1 aliphatic carbocycles. The molecule has 1 heterocycles. The van der Waals surface area contributed by atoms with E-state index in [-0.39, 0.29) is 11.8 Å². The molecule has 4 heteroatoms. The Balaban J connectivity index is 1.48. The van der Waals surface area contributed by atoms with Crippen LogP contribution in [0.15, 0.2) is 54.9 Å². The van der Waals surface area contributed by atoms with Gasteiger partial charge in [-0.3, -0.25) is 9.36 Å². The van der Waals surface area contributed by atoms with Crippen molar-refractivity contribution in [3.63, 3.8) is 0 Å². The van der Waals surface area contributed by atoms with Crippen LogP contribution in [0.1, 0.15) is 24.8 Å². The molecule has 1 aliphatic rings. The molecule has 1 amide bonds. The third kappa shape index (κ3) is 2.72. The van der Waals surface area contributed by atoms with Crippen molar-refractivity contribution in [3.8, 4) is 5.69 Å². The summed E-state index contributed by atoms with van der Waals surface area (Å²) in [5.41, 5.74) is 4.28. The molecule has 4 rings (SSSR count). The van der Waals surface area contributed by atoms with Crippen molar-refractivity contribution >= 4 is 16.9 Å². The lowest BCUT2D eigenvalue weighted by molar-refractivity contribution is -0.127. The van der Waals surface area contributed by atoms with Crippen LogP contribution in [-0.2, 0) is 11.3 Å². The second-order valence-electron chi connectivity index (χ2n) is 6.12. The van der Waals surface area contributed by atoms with Gasteiger partial charge in [0.2, 0.25) is 5.91 Å². The van der Waals surface area contributed by atoms with Crippen LogP contribution in [0.5, 0.6) is 0 Å². The Morgan fingerprint density at radius 1 is 1.13 bits per heavy atom. The first kappa shape index (κ1) is 14.0. The van der Waals surface area contributed by atoms with Crippen LogP contribution in [-0.4, -0.2) is 15.5 Å². The average molecular weight is 305 g/mol. The predicted octanol–water partition coefficient (Wildman–Crippen LogP) is 3.44. The third-order valence-corrected chi connectivity index (χ3v) is 4.61. The summed E-state index contributed by atoms with van der Waals surface area (Å²) >= 11 is 0. The highest BCUT2D eigenvalue weighted by Crippen LogP contribution is 2.26. The molecule has 1 aromatic heterocycles. The SMILES string of the molecule is O=C(NCc1ccc(-n2cnc3ccccc32)cc1)C1CCC1. The molecule has 0 aliphatic heterocycles. The van der Waals surface area contributed by atoms with E-state index in [1.165, 1.54) is 6.42 Å². The van der Waals surface area contributed by atoms with E-state index in [2.05, 4.69) is 45.2 Å². The third-order valence-electron chi connectivity index (χ3n) is 4.61. The molecule has 0 saturated heterocycles. The number of carbonyl (C=O) groups excluding carboxylic acids is 1. The molecule has 0 atom stereocenters. The lowest BCUT2D eigenvalue weighted by Gasteiger charge is -2.24. The first-order valence-corrected chi connectivity index (χ1v) is 8.10. The van der Waals surface area contributed by atoms with Gasteiger partial charge in [0.1, 0.15) is 6.33 Å². The predicted molar refractivity (Wildman–Crippen MR) is 90.3 cm³/mol. The van der Waals surface area contributed by atoms with E-state index in [1.807, 2.05) is 24.5 Å². The zero-order valence-corrected chi connectivity index (χ0v) is 12.9. The Morgan fingerprint density at radius 2 is 1.91 bits per heavy atom. The number of aromatic nitrogens is 2. The Morgan fingerprint density at radius 3 is 2.65 bits per heavy atom. The van der Waals surface area contributed by atoms with Gasteiger partial charge in [-0.25, -0.2) is 4.98 Å². The van der Waals surface area contributed by atoms with Crippen LogP contribution in [0.4, 0.5) is 0 Å². The lowest BCUT2D eigenvalue weighted by Crippen LogP contribution is -2.33. The van der Waals surface area contributed by atoms with Gasteiger partial charge in [0.15, 0.2) is 0 Å². The van der Waals surface area contributed by atoms with Crippen molar-refractivity contribution < 1.29 is 4.79 Å². The number of amides is 1. The molecule has 1 fully saturated rings. The van der Waals surface area contributed by atoms with Gasteiger partial charge in [0.25, 0.3) is 0 Å². The summed E-state index contributed by atoms with van der Waals surface area (Å²) in [4.78, 5) is 16.3. The number of hydrogen-bond acceptors (Lipinski definition) is 2. The minimum Gasteiger partial charge on any atom is -0.352 e. The summed E-state index contributed by atoms with van der Waals surface area (Å²) in [6, 6.07) is 16.3. The summed E-state index contributed by atoms with van der Waals surface area (Å²) in [7, 11) is 0. The number of hydrogen-bond donors (Lipinski definition) is 1. The number of nitrogens with one attached hydrogen (secondary N) is 1. The fourth-order valence-electron chi connectivity index (χ4n) is 2.94. The highest BCUT2D eigenvalue weighted by molar-refractivity contribution is 5.79. The van der Waals surface area contributed by atoms with Gasteiger partial charge >= 0.3 is 0 Å². The summed E-state index contributed by atoms with van der Waals surface area (Å²) < 4.78 is 2.08. The molecule has 2 aromatic carbocycles. The molecule has 1 N–H and O–H groups in total. The summed E-state index contributed by atoms with van der Waals surface area (Å²) in [6.07, 6.45) is 5.11. The van der Waals surface area contributed by atoms with Crippen molar-refractivity contribution in [1.82, 2.24) is 14.9 Å². The molecule has 0 unspecified atom stereocenters. The smallest absolute Gasteiger partial charge is 0.223 e. The van der Waals surface area contributed by atoms with E-state index in [1.54, 1.807) is 0 Å². The van der Waals surface area contributed by atoms with Gasteiger partial charge in [0, 0.05) is 18.2 Å². The Labute approximate surface area is 135 Å². The molecule has 4 nitrogen and oxygen atoms in total. The molecule has 3 aromatic rings. The molecular formula is C19H19N3O. The molecular weight excluding hydrogens is 286 g/mol. The molecule has 0 radical (unpaired) electrons. The van der Waals surface area contributed by atoms with Crippen molar-refractivity contribution in [1.29, 1.82) is 0 Å².